The van der Waals surface area contributed by atoms with Crippen LogP contribution in [0, 0.1) is 6.92 Å². The Balaban J connectivity index is 2.25. The molecule has 1 nitrogen and oxygen atoms in total. The molecule has 0 saturated heterocycles. The number of rotatable bonds is 3. The van der Waals surface area contributed by atoms with Crippen molar-refractivity contribution < 1.29 is 4.74 Å². The standard InChI is InChI=1S/C14H11BrCl2O/c1-9-4-13(3-2-10(9)8-15)18-14-6-11(16)5-12(17)7-14/h2-7H,8H2,1H3. The van der Waals surface area contributed by atoms with E-state index in [2.05, 4.69) is 22.9 Å². The van der Waals surface area contributed by atoms with E-state index < -0.39 is 0 Å². The van der Waals surface area contributed by atoms with Gasteiger partial charge in [0.15, 0.2) is 0 Å². The summed E-state index contributed by atoms with van der Waals surface area (Å²) in [5.41, 5.74) is 2.42. The molecule has 0 bridgehead atoms. The van der Waals surface area contributed by atoms with Crippen molar-refractivity contribution in [1.82, 2.24) is 0 Å². The van der Waals surface area contributed by atoms with Crippen molar-refractivity contribution in [3.05, 3.63) is 57.6 Å². The van der Waals surface area contributed by atoms with Crippen LogP contribution in [0.15, 0.2) is 36.4 Å². The predicted octanol–water partition coefficient (Wildman–Crippen LogP) is 5.99. The van der Waals surface area contributed by atoms with Crippen molar-refractivity contribution in [2.24, 2.45) is 0 Å². The van der Waals surface area contributed by atoms with E-state index in [0.29, 0.717) is 15.8 Å². The van der Waals surface area contributed by atoms with Gasteiger partial charge in [0.1, 0.15) is 11.5 Å². The molecule has 0 radical (unpaired) electrons. The predicted molar refractivity (Wildman–Crippen MR) is 80.3 cm³/mol. The summed E-state index contributed by atoms with van der Waals surface area (Å²) in [5, 5.41) is 1.96. The lowest BCUT2D eigenvalue weighted by atomic mass is 10.1. The molecule has 2 rings (SSSR count). The third kappa shape index (κ3) is 3.41. The zero-order chi connectivity index (χ0) is 13.1. The quantitative estimate of drug-likeness (QED) is 0.621. The number of benzene rings is 2. The van der Waals surface area contributed by atoms with E-state index in [1.54, 1.807) is 18.2 Å². The van der Waals surface area contributed by atoms with Gasteiger partial charge < -0.3 is 4.74 Å². The van der Waals surface area contributed by atoms with Crippen LogP contribution < -0.4 is 4.74 Å². The summed E-state index contributed by atoms with van der Waals surface area (Å²) in [6, 6.07) is 11.1. The molecule has 18 heavy (non-hydrogen) atoms. The molecule has 0 aliphatic carbocycles. The molecule has 4 heteroatoms. The van der Waals surface area contributed by atoms with Crippen LogP contribution in [-0.4, -0.2) is 0 Å². The maximum absolute atomic E-state index is 5.92. The summed E-state index contributed by atoms with van der Waals surface area (Å²) in [7, 11) is 0. The molecule has 0 spiro atoms. The van der Waals surface area contributed by atoms with Crippen molar-refractivity contribution in [2.75, 3.05) is 0 Å². The highest BCUT2D eigenvalue weighted by Crippen LogP contribution is 2.29. The SMILES string of the molecule is Cc1cc(Oc2cc(Cl)cc(Cl)c2)ccc1CBr. The lowest BCUT2D eigenvalue weighted by Crippen LogP contribution is -1.88. The summed E-state index contributed by atoms with van der Waals surface area (Å²) >= 11 is 15.3. The minimum absolute atomic E-state index is 0.561. The fourth-order valence-electron chi connectivity index (χ4n) is 1.61. The maximum Gasteiger partial charge on any atom is 0.130 e. The van der Waals surface area contributed by atoms with Gasteiger partial charge in [-0.05, 0) is 48.4 Å². The smallest absolute Gasteiger partial charge is 0.130 e. The lowest BCUT2D eigenvalue weighted by Gasteiger charge is -2.09. The number of hydrogen-bond donors (Lipinski definition) is 0. The minimum Gasteiger partial charge on any atom is -0.457 e. The maximum atomic E-state index is 5.92. The Labute approximate surface area is 125 Å². The highest BCUT2D eigenvalue weighted by molar-refractivity contribution is 9.08. The van der Waals surface area contributed by atoms with Crippen molar-refractivity contribution in [3.63, 3.8) is 0 Å². The van der Waals surface area contributed by atoms with E-state index in [-0.39, 0.29) is 0 Å². The van der Waals surface area contributed by atoms with Gasteiger partial charge in [0.25, 0.3) is 0 Å². The monoisotopic (exact) mass is 344 g/mol. The molecule has 2 aromatic rings. The third-order valence-electron chi connectivity index (χ3n) is 2.53. The van der Waals surface area contributed by atoms with Gasteiger partial charge in [0.05, 0.1) is 0 Å². The highest BCUT2D eigenvalue weighted by Gasteiger charge is 2.03. The minimum atomic E-state index is 0.561. The first kappa shape index (κ1) is 13.7. The van der Waals surface area contributed by atoms with E-state index in [9.17, 15) is 0 Å². The highest BCUT2D eigenvalue weighted by atomic mass is 79.9. The van der Waals surface area contributed by atoms with Crippen LogP contribution in [0.2, 0.25) is 10.0 Å². The molecule has 0 heterocycles. The molecule has 0 saturated carbocycles. The van der Waals surface area contributed by atoms with E-state index >= 15 is 0 Å². The van der Waals surface area contributed by atoms with E-state index in [1.807, 2.05) is 18.2 Å². The Morgan fingerprint density at radius 1 is 1.00 bits per heavy atom. The van der Waals surface area contributed by atoms with Gasteiger partial charge in [0.2, 0.25) is 0 Å². The van der Waals surface area contributed by atoms with Gasteiger partial charge in [0, 0.05) is 15.4 Å². The van der Waals surface area contributed by atoms with Crippen molar-refractivity contribution in [3.8, 4) is 11.5 Å². The van der Waals surface area contributed by atoms with Gasteiger partial charge >= 0.3 is 0 Å². The molecule has 0 aliphatic rings. The van der Waals surface area contributed by atoms with Crippen LogP contribution >= 0.6 is 39.1 Å². The Kier molecular flexibility index (Phi) is 4.55. The second-order valence-corrected chi connectivity index (χ2v) is 5.36. The molecule has 0 N–H and O–H groups in total. The molecule has 0 aromatic heterocycles. The third-order valence-corrected chi connectivity index (χ3v) is 3.57. The van der Waals surface area contributed by atoms with Crippen molar-refractivity contribution in [2.45, 2.75) is 12.3 Å². The molecular formula is C14H11BrCl2O. The largest absolute Gasteiger partial charge is 0.457 e. The molecule has 0 aliphatic heterocycles. The van der Waals surface area contributed by atoms with Crippen LogP contribution in [-0.2, 0) is 5.33 Å². The number of aryl methyl sites for hydroxylation is 1. The zero-order valence-corrected chi connectivity index (χ0v) is 12.8. The van der Waals surface area contributed by atoms with Gasteiger partial charge in [-0.25, -0.2) is 0 Å². The van der Waals surface area contributed by atoms with Crippen LogP contribution in [0.3, 0.4) is 0 Å². The summed E-state index contributed by atoms with van der Waals surface area (Å²) in [6.07, 6.45) is 0. The molecule has 0 atom stereocenters. The van der Waals surface area contributed by atoms with E-state index in [4.69, 9.17) is 27.9 Å². The van der Waals surface area contributed by atoms with Gasteiger partial charge in [-0.2, -0.15) is 0 Å². The average molecular weight is 346 g/mol. The molecule has 0 fully saturated rings. The summed E-state index contributed by atoms with van der Waals surface area (Å²) < 4.78 is 5.74. The fourth-order valence-corrected chi connectivity index (χ4v) is 2.74. The lowest BCUT2D eigenvalue weighted by molar-refractivity contribution is 0.482. The molecule has 0 amide bonds. The Bertz CT molecular complexity index is 549. The number of halogens is 3. The summed E-state index contributed by atoms with van der Waals surface area (Å²) in [4.78, 5) is 0. The average Bonchev–Trinajstić information content (AvgIpc) is 2.27. The van der Waals surface area contributed by atoms with Crippen LogP contribution in [0.25, 0.3) is 0 Å². The number of ether oxygens (including phenoxy) is 1. The number of hydrogen-bond acceptors (Lipinski definition) is 1. The van der Waals surface area contributed by atoms with Gasteiger partial charge in [-0.3, -0.25) is 0 Å². The van der Waals surface area contributed by atoms with E-state index in [1.165, 1.54) is 11.1 Å². The molecule has 2 aromatic carbocycles. The molecule has 94 valence electrons. The first-order valence-electron chi connectivity index (χ1n) is 5.38. The Morgan fingerprint density at radius 2 is 1.67 bits per heavy atom. The van der Waals surface area contributed by atoms with E-state index in [0.717, 1.165) is 11.1 Å². The van der Waals surface area contributed by atoms with Crippen molar-refractivity contribution in [1.29, 1.82) is 0 Å². The Morgan fingerprint density at radius 3 is 2.22 bits per heavy atom. The van der Waals surface area contributed by atoms with Crippen LogP contribution in [0.4, 0.5) is 0 Å². The van der Waals surface area contributed by atoms with Crippen LogP contribution in [0.1, 0.15) is 11.1 Å². The number of alkyl halides is 1. The summed E-state index contributed by atoms with van der Waals surface area (Å²) in [6.45, 7) is 2.05. The summed E-state index contributed by atoms with van der Waals surface area (Å²) in [5.74, 6) is 1.41. The van der Waals surface area contributed by atoms with Gasteiger partial charge in [-0.15, -0.1) is 0 Å². The zero-order valence-electron chi connectivity index (χ0n) is 9.71. The van der Waals surface area contributed by atoms with Crippen LogP contribution in [0.5, 0.6) is 11.5 Å². The second kappa shape index (κ2) is 5.96. The van der Waals surface area contributed by atoms with Gasteiger partial charge in [-0.1, -0.05) is 45.2 Å². The van der Waals surface area contributed by atoms with Crippen molar-refractivity contribution >= 4 is 39.1 Å². The second-order valence-electron chi connectivity index (χ2n) is 3.93. The first-order valence-corrected chi connectivity index (χ1v) is 7.25. The topological polar surface area (TPSA) is 9.23 Å². The first-order chi connectivity index (χ1) is 8.58. The molecular weight excluding hydrogens is 335 g/mol. The molecule has 0 unspecified atom stereocenters. The normalized spacial score (nSPS) is 10.4. The fraction of sp³-hybridized carbons (Fsp3) is 0.143. The Hall–Kier alpha value is -0.700.